The van der Waals surface area contributed by atoms with Crippen molar-refractivity contribution in [2.75, 3.05) is 5.32 Å². The molecule has 0 aliphatic carbocycles. The second kappa shape index (κ2) is 6.57. The smallest absolute Gasteiger partial charge is 0.319 e. The van der Waals surface area contributed by atoms with Crippen LogP contribution in [0.3, 0.4) is 0 Å². The lowest BCUT2D eigenvalue weighted by atomic mass is 10.1. The van der Waals surface area contributed by atoms with E-state index < -0.39 is 0 Å². The van der Waals surface area contributed by atoms with Gasteiger partial charge in [0, 0.05) is 17.3 Å². The van der Waals surface area contributed by atoms with Crippen molar-refractivity contribution in [3.63, 3.8) is 0 Å². The number of amides is 2. The number of hydrogen-bond donors (Lipinski definition) is 2. The molecule has 0 aliphatic heterocycles. The number of rotatable bonds is 4. The van der Waals surface area contributed by atoms with E-state index in [4.69, 9.17) is 8.94 Å². The van der Waals surface area contributed by atoms with Gasteiger partial charge in [-0.15, -0.1) is 0 Å². The number of urea groups is 1. The lowest BCUT2D eigenvalue weighted by Gasteiger charge is -2.10. The van der Waals surface area contributed by atoms with Gasteiger partial charge in [0.05, 0.1) is 12.2 Å². The monoisotopic (exact) mass is 326 g/mol. The Hall–Kier alpha value is -3.09. The van der Waals surface area contributed by atoms with Crippen LogP contribution in [0, 0.1) is 20.8 Å². The molecule has 0 saturated carbocycles. The molecule has 124 valence electrons. The number of carbonyl (C=O) groups is 1. The Morgan fingerprint density at radius 3 is 2.71 bits per heavy atom. The largest absolute Gasteiger partial charge is 0.444 e. The first-order valence-corrected chi connectivity index (χ1v) is 7.51. The standard InChI is InChI=1S/C17H18N4O3/c1-10-4-5-13(16-19-11(2)9-23-16)7-15(10)20-17(22)18-8-14-6-12(3)24-21-14/h4-7,9H,8H2,1-3H3,(H2,18,20,22). The predicted octanol–water partition coefficient (Wildman–Crippen LogP) is 3.58. The third-order valence-electron chi connectivity index (χ3n) is 3.46. The molecule has 7 heteroatoms. The summed E-state index contributed by atoms with van der Waals surface area (Å²) in [5, 5.41) is 9.40. The molecule has 2 aromatic heterocycles. The van der Waals surface area contributed by atoms with Crippen molar-refractivity contribution in [1.82, 2.24) is 15.5 Å². The van der Waals surface area contributed by atoms with Crippen LogP contribution in [0.1, 0.15) is 22.7 Å². The first kappa shape index (κ1) is 15.8. The van der Waals surface area contributed by atoms with Gasteiger partial charge in [0.15, 0.2) is 0 Å². The number of carbonyl (C=O) groups excluding carboxylic acids is 1. The Kier molecular flexibility index (Phi) is 4.33. The minimum absolute atomic E-state index is 0.293. The topological polar surface area (TPSA) is 93.2 Å². The van der Waals surface area contributed by atoms with Crippen LogP contribution in [0.5, 0.6) is 0 Å². The van der Waals surface area contributed by atoms with E-state index in [-0.39, 0.29) is 6.03 Å². The van der Waals surface area contributed by atoms with Crippen molar-refractivity contribution in [3.05, 3.63) is 53.2 Å². The van der Waals surface area contributed by atoms with Gasteiger partial charge in [-0.3, -0.25) is 0 Å². The normalized spacial score (nSPS) is 10.6. The third kappa shape index (κ3) is 3.62. The van der Waals surface area contributed by atoms with Gasteiger partial charge in [0.25, 0.3) is 0 Å². The molecule has 0 aliphatic rings. The number of aryl methyl sites for hydroxylation is 3. The highest BCUT2D eigenvalue weighted by molar-refractivity contribution is 5.90. The summed E-state index contributed by atoms with van der Waals surface area (Å²) in [6, 6.07) is 7.10. The molecule has 3 aromatic rings. The SMILES string of the molecule is Cc1coc(-c2ccc(C)c(NC(=O)NCc3cc(C)on3)c2)n1. The van der Waals surface area contributed by atoms with Crippen LogP contribution in [-0.2, 0) is 6.54 Å². The van der Waals surface area contributed by atoms with E-state index in [1.54, 1.807) is 19.3 Å². The van der Waals surface area contributed by atoms with Gasteiger partial charge in [0.2, 0.25) is 5.89 Å². The first-order chi connectivity index (χ1) is 11.5. The highest BCUT2D eigenvalue weighted by Crippen LogP contribution is 2.24. The zero-order valence-electron chi connectivity index (χ0n) is 13.7. The van der Waals surface area contributed by atoms with Crippen molar-refractivity contribution in [1.29, 1.82) is 0 Å². The second-order valence-electron chi connectivity index (χ2n) is 5.56. The van der Waals surface area contributed by atoms with Crippen LogP contribution < -0.4 is 10.6 Å². The molecule has 0 unspecified atom stereocenters. The average Bonchev–Trinajstić information content (AvgIpc) is 3.16. The number of nitrogens with one attached hydrogen (secondary N) is 2. The van der Waals surface area contributed by atoms with Crippen molar-refractivity contribution in [2.24, 2.45) is 0 Å². The van der Waals surface area contributed by atoms with Gasteiger partial charge in [-0.2, -0.15) is 0 Å². The predicted molar refractivity (Wildman–Crippen MR) is 88.5 cm³/mol. The maximum absolute atomic E-state index is 12.1. The van der Waals surface area contributed by atoms with Gasteiger partial charge in [-0.1, -0.05) is 11.2 Å². The van der Waals surface area contributed by atoms with E-state index in [9.17, 15) is 4.79 Å². The minimum Gasteiger partial charge on any atom is -0.444 e. The number of nitrogens with zero attached hydrogens (tertiary/aromatic N) is 2. The van der Waals surface area contributed by atoms with Gasteiger partial charge < -0.3 is 19.6 Å². The Labute approximate surface area is 139 Å². The highest BCUT2D eigenvalue weighted by Gasteiger charge is 2.10. The second-order valence-corrected chi connectivity index (χ2v) is 5.56. The molecule has 0 fully saturated rings. The molecular formula is C17H18N4O3. The molecule has 2 heterocycles. The molecular weight excluding hydrogens is 308 g/mol. The van der Waals surface area contributed by atoms with Crippen molar-refractivity contribution in [3.8, 4) is 11.5 Å². The highest BCUT2D eigenvalue weighted by atomic mass is 16.5. The summed E-state index contributed by atoms with van der Waals surface area (Å²) in [4.78, 5) is 16.4. The molecule has 0 bridgehead atoms. The zero-order chi connectivity index (χ0) is 17.1. The fraction of sp³-hybridized carbons (Fsp3) is 0.235. The summed E-state index contributed by atoms with van der Waals surface area (Å²) in [6.45, 7) is 5.87. The molecule has 0 saturated heterocycles. The van der Waals surface area contributed by atoms with Gasteiger partial charge in [-0.05, 0) is 38.5 Å². The van der Waals surface area contributed by atoms with Gasteiger partial charge in [-0.25, -0.2) is 9.78 Å². The maximum Gasteiger partial charge on any atom is 0.319 e. The summed E-state index contributed by atoms with van der Waals surface area (Å²) in [7, 11) is 0. The number of anilines is 1. The van der Waals surface area contributed by atoms with E-state index in [1.165, 1.54) is 0 Å². The molecule has 2 amide bonds. The van der Waals surface area contributed by atoms with Crippen molar-refractivity contribution < 1.29 is 13.7 Å². The summed E-state index contributed by atoms with van der Waals surface area (Å²) < 4.78 is 10.4. The summed E-state index contributed by atoms with van der Waals surface area (Å²) in [5.41, 5.74) is 3.91. The fourth-order valence-electron chi connectivity index (χ4n) is 2.21. The molecule has 2 N–H and O–H groups in total. The summed E-state index contributed by atoms with van der Waals surface area (Å²) in [6.07, 6.45) is 1.59. The van der Waals surface area contributed by atoms with Crippen LogP contribution in [0.4, 0.5) is 10.5 Å². The number of hydrogen-bond acceptors (Lipinski definition) is 5. The van der Waals surface area contributed by atoms with Crippen molar-refractivity contribution in [2.45, 2.75) is 27.3 Å². The first-order valence-electron chi connectivity index (χ1n) is 7.51. The van der Waals surface area contributed by atoms with Crippen LogP contribution >= 0.6 is 0 Å². The number of oxazole rings is 1. The summed E-state index contributed by atoms with van der Waals surface area (Å²) in [5.74, 6) is 1.23. The molecule has 7 nitrogen and oxygen atoms in total. The van der Waals surface area contributed by atoms with E-state index in [2.05, 4.69) is 20.8 Å². The zero-order valence-corrected chi connectivity index (χ0v) is 13.7. The Morgan fingerprint density at radius 1 is 1.21 bits per heavy atom. The third-order valence-corrected chi connectivity index (χ3v) is 3.46. The quantitative estimate of drug-likeness (QED) is 0.764. The molecule has 0 atom stereocenters. The average molecular weight is 326 g/mol. The fourth-order valence-corrected chi connectivity index (χ4v) is 2.21. The van der Waals surface area contributed by atoms with Crippen LogP contribution in [0.15, 0.2) is 39.5 Å². The number of aromatic nitrogens is 2. The Balaban J connectivity index is 1.68. The van der Waals surface area contributed by atoms with Gasteiger partial charge >= 0.3 is 6.03 Å². The molecule has 1 aromatic carbocycles. The van der Waals surface area contributed by atoms with Crippen LogP contribution in [0.2, 0.25) is 0 Å². The lowest BCUT2D eigenvalue weighted by Crippen LogP contribution is -2.28. The summed E-state index contributed by atoms with van der Waals surface area (Å²) >= 11 is 0. The maximum atomic E-state index is 12.1. The minimum atomic E-state index is -0.320. The van der Waals surface area contributed by atoms with E-state index in [1.807, 2.05) is 32.0 Å². The Bertz CT molecular complexity index is 866. The van der Waals surface area contributed by atoms with E-state index in [0.717, 1.165) is 16.8 Å². The lowest BCUT2D eigenvalue weighted by molar-refractivity contribution is 0.251. The molecule has 0 spiro atoms. The van der Waals surface area contributed by atoms with E-state index in [0.29, 0.717) is 29.6 Å². The van der Waals surface area contributed by atoms with Crippen LogP contribution in [-0.4, -0.2) is 16.2 Å². The molecule has 24 heavy (non-hydrogen) atoms. The molecule has 0 radical (unpaired) electrons. The van der Waals surface area contributed by atoms with E-state index >= 15 is 0 Å². The van der Waals surface area contributed by atoms with Crippen molar-refractivity contribution >= 4 is 11.7 Å². The number of benzene rings is 1. The van der Waals surface area contributed by atoms with Gasteiger partial charge in [0.1, 0.15) is 17.7 Å². The molecule has 3 rings (SSSR count). The Morgan fingerprint density at radius 2 is 2.04 bits per heavy atom. The van der Waals surface area contributed by atoms with Crippen LogP contribution in [0.25, 0.3) is 11.5 Å².